The summed E-state index contributed by atoms with van der Waals surface area (Å²) in [6.07, 6.45) is 1.19. The molecule has 0 aliphatic rings. The summed E-state index contributed by atoms with van der Waals surface area (Å²) in [4.78, 5) is 24.7. The molecule has 0 radical (unpaired) electrons. The average Bonchev–Trinajstić information content (AvgIpc) is 2.54. The Labute approximate surface area is 159 Å². The number of phenolic OH excluding ortho intramolecular Hbond substituents is 1. The Morgan fingerprint density at radius 3 is 2.46 bits per heavy atom. The summed E-state index contributed by atoms with van der Waals surface area (Å²) < 4.78 is 0. The summed E-state index contributed by atoms with van der Waals surface area (Å²) in [7, 11) is 0. The number of amides is 1. The first-order valence-corrected chi connectivity index (χ1v) is 9.10. The fourth-order valence-corrected chi connectivity index (χ4v) is 3.21. The van der Waals surface area contributed by atoms with Crippen molar-refractivity contribution >= 4 is 29.0 Å². The smallest absolute Gasteiger partial charge is 0.224 e. The number of hydrogen-bond acceptors (Lipinski definition) is 3. The number of halogens is 1. The summed E-state index contributed by atoms with van der Waals surface area (Å²) in [5.41, 5.74) is 2.86. The van der Waals surface area contributed by atoms with Crippen molar-refractivity contribution in [2.24, 2.45) is 0 Å². The molecule has 138 valence electrons. The number of carbonyl (C=O) groups is 2. The first-order chi connectivity index (χ1) is 12.2. The number of aromatic hydroxyl groups is 1. The Morgan fingerprint density at radius 2 is 1.88 bits per heavy atom. The molecule has 5 heteroatoms. The summed E-state index contributed by atoms with van der Waals surface area (Å²) in [5.74, 6) is -0.0215. The summed E-state index contributed by atoms with van der Waals surface area (Å²) in [5, 5.41) is 13.0. The van der Waals surface area contributed by atoms with Gasteiger partial charge in [0.1, 0.15) is 5.75 Å². The molecule has 0 saturated heterocycles. The van der Waals surface area contributed by atoms with Gasteiger partial charge in [-0.25, -0.2) is 0 Å². The van der Waals surface area contributed by atoms with Crippen LogP contribution < -0.4 is 5.32 Å². The first-order valence-electron chi connectivity index (χ1n) is 8.72. The van der Waals surface area contributed by atoms with Crippen LogP contribution in [-0.2, 0) is 4.79 Å². The summed E-state index contributed by atoms with van der Waals surface area (Å²) in [6, 6.07) is 8.17. The molecule has 2 aromatic rings. The van der Waals surface area contributed by atoms with Crippen molar-refractivity contribution in [3.63, 3.8) is 0 Å². The Hall–Kier alpha value is -2.33. The van der Waals surface area contributed by atoms with Gasteiger partial charge in [-0.1, -0.05) is 32.4 Å². The Balaban J connectivity index is 2.38. The van der Waals surface area contributed by atoms with Crippen LogP contribution in [0.25, 0.3) is 0 Å². The van der Waals surface area contributed by atoms with Crippen molar-refractivity contribution in [2.75, 3.05) is 5.32 Å². The number of rotatable bonds is 6. The van der Waals surface area contributed by atoms with E-state index in [0.717, 1.165) is 6.42 Å². The minimum Gasteiger partial charge on any atom is -0.508 e. The Bertz CT molecular complexity index is 820. The van der Waals surface area contributed by atoms with Crippen LogP contribution >= 0.6 is 11.6 Å². The molecular weight excluding hydrogens is 350 g/mol. The highest BCUT2D eigenvalue weighted by Gasteiger charge is 2.19. The maximum Gasteiger partial charge on any atom is 0.224 e. The van der Waals surface area contributed by atoms with Crippen LogP contribution in [0.15, 0.2) is 30.3 Å². The van der Waals surface area contributed by atoms with Gasteiger partial charge in [-0.2, -0.15) is 0 Å². The second-order valence-electron chi connectivity index (χ2n) is 6.71. The molecule has 0 heterocycles. The summed E-state index contributed by atoms with van der Waals surface area (Å²) in [6.45, 7) is 7.63. The van der Waals surface area contributed by atoms with Gasteiger partial charge in [0.05, 0.1) is 5.02 Å². The zero-order chi connectivity index (χ0) is 19.4. The first kappa shape index (κ1) is 20.0. The lowest BCUT2D eigenvalue weighted by Crippen LogP contribution is -2.12. The second-order valence-corrected chi connectivity index (χ2v) is 7.11. The van der Waals surface area contributed by atoms with Crippen LogP contribution in [0.1, 0.15) is 66.6 Å². The fourth-order valence-electron chi connectivity index (χ4n) is 2.86. The molecular formula is C21H24ClNO3. The third kappa shape index (κ3) is 4.44. The fraction of sp³-hybridized carbons (Fsp3) is 0.333. The zero-order valence-corrected chi connectivity index (χ0v) is 16.3. The van der Waals surface area contributed by atoms with Crippen molar-refractivity contribution in [3.05, 3.63) is 57.6 Å². The molecule has 0 unspecified atom stereocenters. The van der Waals surface area contributed by atoms with Gasteiger partial charge in [0.25, 0.3) is 0 Å². The van der Waals surface area contributed by atoms with E-state index in [1.807, 2.05) is 20.8 Å². The molecule has 0 aliphatic carbocycles. The number of nitrogens with one attached hydrogen (secondary N) is 1. The van der Waals surface area contributed by atoms with Crippen LogP contribution in [0.3, 0.4) is 0 Å². The van der Waals surface area contributed by atoms with E-state index in [0.29, 0.717) is 39.4 Å². The largest absolute Gasteiger partial charge is 0.508 e. The number of anilines is 1. The lowest BCUT2D eigenvalue weighted by molar-refractivity contribution is -0.116. The quantitative estimate of drug-likeness (QED) is 0.662. The van der Waals surface area contributed by atoms with E-state index in [2.05, 4.69) is 5.32 Å². The van der Waals surface area contributed by atoms with Crippen LogP contribution in [0.5, 0.6) is 5.75 Å². The van der Waals surface area contributed by atoms with E-state index in [-0.39, 0.29) is 23.4 Å². The van der Waals surface area contributed by atoms with Crippen molar-refractivity contribution in [1.82, 2.24) is 0 Å². The van der Waals surface area contributed by atoms with Gasteiger partial charge >= 0.3 is 0 Å². The van der Waals surface area contributed by atoms with E-state index in [9.17, 15) is 14.7 Å². The van der Waals surface area contributed by atoms with Gasteiger partial charge in [-0.15, -0.1) is 0 Å². The molecule has 0 aliphatic heterocycles. The zero-order valence-electron chi connectivity index (χ0n) is 15.5. The van der Waals surface area contributed by atoms with Crippen molar-refractivity contribution in [1.29, 1.82) is 0 Å². The monoisotopic (exact) mass is 373 g/mol. The van der Waals surface area contributed by atoms with Crippen LogP contribution in [0.4, 0.5) is 5.69 Å². The number of benzene rings is 2. The molecule has 0 saturated carbocycles. The minimum absolute atomic E-state index is 0.0813. The number of ketones is 1. The average molecular weight is 374 g/mol. The van der Waals surface area contributed by atoms with Gasteiger partial charge < -0.3 is 10.4 Å². The van der Waals surface area contributed by atoms with E-state index >= 15 is 0 Å². The third-order valence-corrected chi connectivity index (χ3v) is 4.49. The van der Waals surface area contributed by atoms with E-state index in [4.69, 9.17) is 11.6 Å². The SMILES string of the molecule is CCCC(=O)Nc1cc(C)c(C(=O)c2ccc(O)c(C(C)C)c2)c(Cl)c1. The van der Waals surface area contributed by atoms with Gasteiger partial charge in [-0.3, -0.25) is 9.59 Å². The molecule has 0 atom stereocenters. The van der Waals surface area contributed by atoms with Gasteiger partial charge in [0.2, 0.25) is 5.91 Å². The third-order valence-electron chi connectivity index (χ3n) is 4.19. The number of phenols is 1. The predicted molar refractivity (Wildman–Crippen MR) is 105 cm³/mol. The Morgan fingerprint density at radius 1 is 1.19 bits per heavy atom. The molecule has 0 aromatic heterocycles. The number of hydrogen-bond donors (Lipinski definition) is 2. The molecule has 4 nitrogen and oxygen atoms in total. The Kier molecular flexibility index (Phi) is 6.43. The lowest BCUT2D eigenvalue weighted by Gasteiger charge is -2.14. The maximum atomic E-state index is 13.0. The highest BCUT2D eigenvalue weighted by Crippen LogP contribution is 2.31. The van der Waals surface area contributed by atoms with Crippen LogP contribution in [0.2, 0.25) is 5.02 Å². The molecule has 26 heavy (non-hydrogen) atoms. The molecule has 0 fully saturated rings. The van der Waals surface area contributed by atoms with Crippen molar-refractivity contribution in [2.45, 2.75) is 46.5 Å². The van der Waals surface area contributed by atoms with Crippen molar-refractivity contribution < 1.29 is 14.7 Å². The second kappa shape index (κ2) is 8.37. The van der Waals surface area contributed by atoms with E-state index in [1.165, 1.54) is 6.07 Å². The number of carbonyl (C=O) groups excluding carboxylic acids is 2. The topological polar surface area (TPSA) is 66.4 Å². The van der Waals surface area contributed by atoms with Crippen LogP contribution in [-0.4, -0.2) is 16.8 Å². The molecule has 0 spiro atoms. The van der Waals surface area contributed by atoms with Crippen molar-refractivity contribution in [3.8, 4) is 5.75 Å². The normalized spacial score (nSPS) is 10.8. The van der Waals surface area contributed by atoms with E-state index in [1.54, 1.807) is 31.2 Å². The van der Waals surface area contributed by atoms with Gasteiger partial charge in [0.15, 0.2) is 5.78 Å². The van der Waals surface area contributed by atoms with E-state index < -0.39 is 0 Å². The lowest BCUT2D eigenvalue weighted by atomic mass is 9.94. The molecule has 2 N–H and O–H groups in total. The standard InChI is InChI=1S/C21H24ClNO3/c1-5-6-19(25)23-15-9-13(4)20(17(22)11-15)21(26)14-7-8-18(24)16(10-14)12(2)3/h7-12,24H,5-6H2,1-4H3,(H,23,25). The summed E-state index contributed by atoms with van der Waals surface area (Å²) >= 11 is 6.35. The molecule has 0 bridgehead atoms. The van der Waals surface area contributed by atoms with Gasteiger partial charge in [-0.05, 0) is 60.7 Å². The van der Waals surface area contributed by atoms with Crippen LogP contribution in [0, 0.1) is 6.92 Å². The predicted octanol–water partition coefficient (Wildman–Crippen LogP) is 5.45. The minimum atomic E-state index is -0.208. The molecule has 1 amide bonds. The highest BCUT2D eigenvalue weighted by atomic mass is 35.5. The molecule has 2 rings (SSSR count). The molecule has 2 aromatic carbocycles. The highest BCUT2D eigenvalue weighted by molar-refractivity contribution is 6.35. The van der Waals surface area contributed by atoms with Gasteiger partial charge in [0, 0.05) is 23.2 Å². The maximum absolute atomic E-state index is 13.0. The number of aryl methyl sites for hydroxylation is 1.